The van der Waals surface area contributed by atoms with E-state index in [-0.39, 0.29) is 46.4 Å². The van der Waals surface area contributed by atoms with E-state index in [1.165, 1.54) is 29.2 Å². The van der Waals surface area contributed by atoms with Crippen LogP contribution in [0.5, 0.6) is 0 Å². The molecule has 1 aliphatic heterocycles. The Morgan fingerprint density at radius 3 is 2.40 bits per heavy atom. The number of carbonyl (C=O) groups excluding carboxylic acids is 3. The predicted molar refractivity (Wildman–Crippen MR) is 110 cm³/mol. The summed E-state index contributed by atoms with van der Waals surface area (Å²) in [4.78, 5) is 50.7. The van der Waals surface area contributed by atoms with E-state index in [4.69, 9.17) is 0 Å². The van der Waals surface area contributed by atoms with Gasteiger partial charge in [-0.1, -0.05) is 31.2 Å². The van der Waals surface area contributed by atoms with Crippen molar-refractivity contribution >= 4 is 35.1 Å². The summed E-state index contributed by atoms with van der Waals surface area (Å²) in [7, 11) is 0. The first kappa shape index (κ1) is 19.6. The molecule has 1 aliphatic carbocycles. The van der Waals surface area contributed by atoms with Gasteiger partial charge in [0.25, 0.3) is 5.91 Å². The van der Waals surface area contributed by atoms with Gasteiger partial charge in [0.15, 0.2) is 0 Å². The van der Waals surface area contributed by atoms with Gasteiger partial charge in [-0.15, -0.1) is 0 Å². The first-order valence-electron chi connectivity index (χ1n) is 9.66. The highest BCUT2D eigenvalue weighted by Gasteiger charge is 2.50. The Bertz CT molecular complexity index is 1070. The molecule has 0 radical (unpaired) electrons. The van der Waals surface area contributed by atoms with Crippen molar-refractivity contribution < 1.29 is 24.3 Å². The second-order valence-corrected chi connectivity index (χ2v) is 7.52. The van der Waals surface area contributed by atoms with Crippen LogP contribution in [-0.4, -0.2) is 28.8 Å². The molecule has 3 atom stereocenters. The minimum atomic E-state index is -1.14. The van der Waals surface area contributed by atoms with Crippen LogP contribution >= 0.6 is 0 Å². The molecule has 0 unspecified atom stereocenters. The summed E-state index contributed by atoms with van der Waals surface area (Å²) in [5.41, 5.74) is 0.884. The van der Waals surface area contributed by atoms with Crippen molar-refractivity contribution in [3.8, 4) is 0 Å². The molecule has 152 valence electrons. The smallest absolute Gasteiger partial charge is 0.337 e. The monoisotopic (exact) mass is 404 g/mol. The Labute approximate surface area is 173 Å². The fourth-order valence-corrected chi connectivity index (χ4v) is 4.14. The van der Waals surface area contributed by atoms with Gasteiger partial charge in [0.2, 0.25) is 11.8 Å². The number of nitrogens with one attached hydrogen (secondary N) is 1. The van der Waals surface area contributed by atoms with Crippen molar-refractivity contribution in [1.29, 1.82) is 0 Å². The summed E-state index contributed by atoms with van der Waals surface area (Å²) in [6, 6.07) is 12.3. The van der Waals surface area contributed by atoms with Gasteiger partial charge < -0.3 is 10.4 Å². The molecule has 1 heterocycles. The predicted octanol–water partition coefficient (Wildman–Crippen LogP) is 3.34. The highest BCUT2D eigenvalue weighted by atomic mass is 16.4. The van der Waals surface area contributed by atoms with E-state index in [9.17, 15) is 24.3 Å². The van der Waals surface area contributed by atoms with Gasteiger partial charge in [0.05, 0.1) is 28.8 Å². The summed E-state index contributed by atoms with van der Waals surface area (Å²) >= 11 is 0. The van der Waals surface area contributed by atoms with Crippen LogP contribution in [-0.2, 0) is 9.59 Å². The van der Waals surface area contributed by atoms with Crippen LogP contribution in [0.1, 0.15) is 34.1 Å². The average molecular weight is 404 g/mol. The van der Waals surface area contributed by atoms with Crippen LogP contribution in [0.4, 0.5) is 11.4 Å². The van der Waals surface area contributed by atoms with Gasteiger partial charge in [-0.2, -0.15) is 0 Å². The Kier molecular flexibility index (Phi) is 4.95. The Hall–Kier alpha value is -3.74. The number of anilines is 2. The number of allylic oxidation sites excluding steroid dienone is 2. The fraction of sp³-hybridized carbons (Fsp3) is 0.217. The number of imide groups is 1. The third-order valence-corrected chi connectivity index (χ3v) is 5.67. The van der Waals surface area contributed by atoms with Crippen LogP contribution in [0.2, 0.25) is 0 Å². The van der Waals surface area contributed by atoms with Crippen LogP contribution in [0.25, 0.3) is 0 Å². The topological polar surface area (TPSA) is 104 Å². The first-order chi connectivity index (χ1) is 14.4. The summed E-state index contributed by atoms with van der Waals surface area (Å²) < 4.78 is 0. The van der Waals surface area contributed by atoms with Crippen LogP contribution in [0.3, 0.4) is 0 Å². The second kappa shape index (κ2) is 7.59. The number of carboxylic acid groups (broad SMARTS) is 1. The Morgan fingerprint density at radius 1 is 1.03 bits per heavy atom. The largest absolute Gasteiger partial charge is 0.478 e. The molecule has 0 spiro atoms. The van der Waals surface area contributed by atoms with Gasteiger partial charge in [0, 0.05) is 5.56 Å². The molecule has 7 nitrogen and oxygen atoms in total. The fourth-order valence-electron chi connectivity index (χ4n) is 4.14. The molecule has 7 heteroatoms. The molecular formula is C23H20N2O5. The lowest BCUT2D eigenvalue weighted by Crippen LogP contribution is -2.31. The van der Waals surface area contributed by atoms with Crippen molar-refractivity contribution in [2.45, 2.75) is 13.3 Å². The summed E-state index contributed by atoms with van der Waals surface area (Å²) in [5, 5.41) is 11.8. The normalized spacial score (nSPS) is 22.7. The molecule has 0 saturated carbocycles. The second-order valence-electron chi connectivity index (χ2n) is 7.52. The summed E-state index contributed by atoms with van der Waals surface area (Å²) in [5.74, 6) is -2.74. The number of carbonyl (C=O) groups is 4. The number of nitrogens with zero attached hydrogens (tertiary/aromatic N) is 1. The number of para-hydroxylation sites is 1. The summed E-state index contributed by atoms with van der Waals surface area (Å²) in [6.45, 7) is 1.93. The number of benzene rings is 2. The van der Waals surface area contributed by atoms with Gasteiger partial charge in [-0.05, 0) is 48.7 Å². The molecule has 1 saturated heterocycles. The Morgan fingerprint density at radius 2 is 1.73 bits per heavy atom. The van der Waals surface area contributed by atoms with E-state index >= 15 is 0 Å². The number of rotatable bonds is 4. The van der Waals surface area contributed by atoms with Gasteiger partial charge in [0.1, 0.15) is 0 Å². The number of hydrogen-bond acceptors (Lipinski definition) is 4. The van der Waals surface area contributed by atoms with E-state index in [0.717, 1.165) is 0 Å². The van der Waals surface area contributed by atoms with Crippen molar-refractivity contribution in [3.05, 3.63) is 71.8 Å². The Balaban J connectivity index is 1.54. The van der Waals surface area contributed by atoms with E-state index in [0.29, 0.717) is 12.1 Å². The van der Waals surface area contributed by atoms with E-state index < -0.39 is 11.9 Å². The molecule has 2 aromatic rings. The molecular weight excluding hydrogens is 384 g/mol. The maximum Gasteiger partial charge on any atom is 0.337 e. The minimum absolute atomic E-state index is 0.00422. The molecule has 1 fully saturated rings. The maximum atomic E-state index is 12.9. The maximum absolute atomic E-state index is 12.9. The summed E-state index contributed by atoms with van der Waals surface area (Å²) in [6.07, 6.45) is 4.47. The highest BCUT2D eigenvalue weighted by molar-refractivity contribution is 6.22. The lowest BCUT2D eigenvalue weighted by atomic mass is 9.78. The van der Waals surface area contributed by atoms with E-state index in [2.05, 4.69) is 5.32 Å². The average Bonchev–Trinajstić information content (AvgIpc) is 2.99. The van der Waals surface area contributed by atoms with Crippen molar-refractivity contribution in [2.75, 3.05) is 10.2 Å². The van der Waals surface area contributed by atoms with Crippen molar-refractivity contribution in [3.63, 3.8) is 0 Å². The third kappa shape index (κ3) is 3.28. The first-order valence-corrected chi connectivity index (χ1v) is 9.66. The molecule has 0 bridgehead atoms. The molecule has 30 heavy (non-hydrogen) atoms. The van der Waals surface area contributed by atoms with Crippen molar-refractivity contribution in [2.24, 2.45) is 17.8 Å². The number of aromatic carboxylic acids is 1. The SMILES string of the molecule is C[C@@H]1C=CC[C@@H]2C(=O)N(c3ccc(C(=O)Nc4ccccc4C(=O)O)cc3)C(=O)[C@H]12. The van der Waals surface area contributed by atoms with E-state index in [1.807, 2.05) is 19.1 Å². The quantitative estimate of drug-likeness (QED) is 0.601. The van der Waals surface area contributed by atoms with Crippen LogP contribution in [0.15, 0.2) is 60.7 Å². The van der Waals surface area contributed by atoms with Crippen molar-refractivity contribution in [1.82, 2.24) is 0 Å². The molecule has 2 N–H and O–H groups in total. The standard InChI is InChI=1S/C23H20N2O5/c1-13-5-4-7-17-19(13)22(28)25(21(17)27)15-11-9-14(10-12-15)20(26)24-18-8-3-2-6-16(18)23(29)30/h2-6,8-13,17,19H,7H2,1H3,(H,24,26)(H,29,30)/t13-,17+,19-/m1/s1. The number of fused-ring (bicyclic) bond motifs is 1. The molecule has 2 aliphatic rings. The van der Waals surface area contributed by atoms with Gasteiger partial charge >= 0.3 is 5.97 Å². The van der Waals surface area contributed by atoms with Gasteiger partial charge in [-0.25, -0.2) is 4.79 Å². The van der Waals surface area contributed by atoms with E-state index in [1.54, 1.807) is 24.3 Å². The minimum Gasteiger partial charge on any atom is -0.478 e. The molecule has 0 aromatic heterocycles. The molecule has 2 aromatic carbocycles. The number of hydrogen-bond donors (Lipinski definition) is 2. The molecule has 3 amide bonds. The number of amides is 3. The molecule has 4 rings (SSSR count). The lowest BCUT2D eigenvalue weighted by Gasteiger charge is -2.22. The van der Waals surface area contributed by atoms with Gasteiger partial charge in [-0.3, -0.25) is 19.3 Å². The zero-order valence-corrected chi connectivity index (χ0v) is 16.2. The zero-order chi connectivity index (χ0) is 21.4. The van der Waals surface area contributed by atoms with Crippen LogP contribution < -0.4 is 10.2 Å². The third-order valence-electron chi connectivity index (χ3n) is 5.67. The van der Waals surface area contributed by atoms with Crippen LogP contribution in [0, 0.1) is 17.8 Å². The number of carboxylic acids is 1. The zero-order valence-electron chi connectivity index (χ0n) is 16.2. The highest BCUT2D eigenvalue weighted by Crippen LogP contribution is 2.40. The lowest BCUT2D eigenvalue weighted by molar-refractivity contribution is -0.122.